The van der Waals surface area contributed by atoms with E-state index in [4.69, 9.17) is 16.3 Å². The third kappa shape index (κ3) is 3.75. The number of ether oxygens (including phenoxy) is 1. The molecule has 5 heteroatoms. The lowest BCUT2D eigenvalue weighted by Crippen LogP contribution is -2.40. The molecule has 0 amide bonds. The lowest BCUT2D eigenvalue weighted by molar-refractivity contribution is 0.233. The Balaban J connectivity index is 1.97. The zero-order valence-electron chi connectivity index (χ0n) is 11.4. The van der Waals surface area contributed by atoms with Crippen molar-refractivity contribution in [3.05, 3.63) is 22.7 Å². The first-order valence-corrected chi connectivity index (χ1v) is 6.95. The molecule has 1 saturated heterocycles. The average Bonchev–Trinajstić information content (AvgIpc) is 2.41. The summed E-state index contributed by atoms with van der Waals surface area (Å²) in [6, 6.07) is 3.90. The second kappa shape index (κ2) is 6.46. The number of methoxy groups -OCH3 is 1. The van der Waals surface area contributed by atoms with Gasteiger partial charge in [0.1, 0.15) is 0 Å². The summed E-state index contributed by atoms with van der Waals surface area (Å²) in [7, 11) is 3.67. The van der Waals surface area contributed by atoms with Crippen LogP contribution >= 0.6 is 11.6 Å². The number of hydrogen-bond acceptors (Lipinski definition) is 4. The average molecular weight is 285 g/mol. The summed E-state index contributed by atoms with van der Waals surface area (Å²) in [6.07, 6.45) is 2.27. The Hall–Kier alpha value is -0.970. The molecule has 1 fully saturated rings. The maximum atomic E-state index is 10.1. The van der Waals surface area contributed by atoms with Crippen LogP contribution in [0.4, 0.5) is 0 Å². The standard InChI is InChI=1S/C14H21ClN2O2/c1-17-5-3-12(4-6-17)16-9-10-7-11(15)8-13(19-2)14(10)18/h7-8,12,16,18H,3-6,9H2,1-2H3. The molecule has 106 valence electrons. The summed E-state index contributed by atoms with van der Waals surface area (Å²) >= 11 is 6.02. The first kappa shape index (κ1) is 14.4. The number of rotatable bonds is 4. The van der Waals surface area contributed by atoms with Gasteiger partial charge in [0.05, 0.1) is 7.11 Å². The zero-order chi connectivity index (χ0) is 13.8. The van der Waals surface area contributed by atoms with E-state index in [2.05, 4.69) is 17.3 Å². The van der Waals surface area contributed by atoms with Gasteiger partial charge >= 0.3 is 0 Å². The molecule has 0 radical (unpaired) electrons. The van der Waals surface area contributed by atoms with Crippen molar-refractivity contribution in [2.24, 2.45) is 0 Å². The molecule has 1 aliphatic heterocycles. The van der Waals surface area contributed by atoms with Crippen LogP contribution < -0.4 is 10.1 Å². The predicted molar refractivity (Wildman–Crippen MR) is 77.0 cm³/mol. The van der Waals surface area contributed by atoms with Crippen LogP contribution in [0.25, 0.3) is 0 Å². The van der Waals surface area contributed by atoms with Crippen LogP contribution in [0.1, 0.15) is 18.4 Å². The fourth-order valence-electron chi connectivity index (χ4n) is 2.39. The van der Waals surface area contributed by atoms with Gasteiger partial charge in [-0.2, -0.15) is 0 Å². The lowest BCUT2D eigenvalue weighted by Gasteiger charge is -2.29. The number of phenols is 1. The van der Waals surface area contributed by atoms with Crippen molar-refractivity contribution < 1.29 is 9.84 Å². The molecular weight excluding hydrogens is 264 g/mol. The van der Waals surface area contributed by atoms with Crippen LogP contribution in [0.2, 0.25) is 5.02 Å². The van der Waals surface area contributed by atoms with E-state index in [9.17, 15) is 5.11 Å². The van der Waals surface area contributed by atoms with Gasteiger partial charge in [0.15, 0.2) is 11.5 Å². The number of nitrogens with one attached hydrogen (secondary N) is 1. The van der Waals surface area contributed by atoms with Gasteiger partial charge in [0.25, 0.3) is 0 Å². The van der Waals surface area contributed by atoms with Crippen LogP contribution in [0.5, 0.6) is 11.5 Å². The zero-order valence-corrected chi connectivity index (χ0v) is 12.2. The molecule has 0 saturated carbocycles. The summed E-state index contributed by atoms with van der Waals surface area (Å²) < 4.78 is 5.10. The molecule has 1 aromatic rings. The van der Waals surface area contributed by atoms with Crippen molar-refractivity contribution in [3.8, 4) is 11.5 Å². The van der Waals surface area contributed by atoms with E-state index in [1.165, 1.54) is 7.11 Å². The molecule has 0 aromatic heterocycles. The Kier molecular flexibility index (Phi) is 4.91. The quantitative estimate of drug-likeness (QED) is 0.890. The topological polar surface area (TPSA) is 44.7 Å². The minimum absolute atomic E-state index is 0.173. The lowest BCUT2D eigenvalue weighted by atomic mass is 10.0. The van der Waals surface area contributed by atoms with Gasteiger partial charge in [-0.3, -0.25) is 0 Å². The highest BCUT2D eigenvalue weighted by atomic mass is 35.5. The van der Waals surface area contributed by atoms with Crippen molar-refractivity contribution in [1.29, 1.82) is 0 Å². The number of nitrogens with zero attached hydrogens (tertiary/aromatic N) is 1. The first-order chi connectivity index (χ1) is 9.10. The van der Waals surface area contributed by atoms with Gasteiger partial charge in [0, 0.05) is 29.2 Å². The van der Waals surface area contributed by atoms with Crippen LogP contribution in [-0.2, 0) is 6.54 Å². The van der Waals surface area contributed by atoms with Crippen LogP contribution in [-0.4, -0.2) is 43.3 Å². The maximum absolute atomic E-state index is 10.1. The van der Waals surface area contributed by atoms with E-state index in [0.717, 1.165) is 31.5 Å². The van der Waals surface area contributed by atoms with Crippen molar-refractivity contribution in [2.75, 3.05) is 27.2 Å². The Bertz CT molecular complexity index is 432. The normalized spacial score (nSPS) is 17.6. The number of aromatic hydroxyl groups is 1. The van der Waals surface area contributed by atoms with E-state index < -0.39 is 0 Å². The largest absolute Gasteiger partial charge is 0.504 e. The van der Waals surface area contributed by atoms with E-state index >= 15 is 0 Å². The number of halogens is 1. The van der Waals surface area contributed by atoms with Gasteiger partial charge in [-0.05, 0) is 39.0 Å². The van der Waals surface area contributed by atoms with E-state index in [0.29, 0.717) is 23.4 Å². The molecule has 1 aromatic carbocycles. The van der Waals surface area contributed by atoms with Crippen molar-refractivity contribution in [3.63, 3.8) is 0 Å². The molecule has 19 heavy (non-hydrogen) atoms. The summed E-state index contributed by atoms with van der Waals surface area (Å²) in [6.45, 7) is 2.84. The number of phenolic OH excluding ortho intramolecular Hbond substituents is 1. The van der Waals surface area contributed by atoms with Gasteiger partial charge in [-0.1, -0.05) is 11.6 Å². The Labute approximate surface area is 119 Å². The van der Waals surface area contributed by atoms with Crippen LogP contribution in [0, 0.1) is 0 Å². The molecule has 2 N–H and O–H groups in total. The molecule has 0 spiro atoms. The highest BCUT2D eigenvalue weighted by Gasteiger charge is 2.17. The number of likely N-dealkylation sites (tertiary alicyclic amines) is 1. The summed E-state index contributed by atoms with van der Waals surface area (Å²) in [5, 5.41) is 14.1. The molecule has 0 unspecified atom stereocenters. The summed E-state index contributed by atoms with van der Waals surface area (Å²) in [5.41, 5.74) is 0.781. The molecule has 1 heterocycles. The van der Waals surface area contributed by atoms with Gasteiger partial charge in [0.2, 0.25) is 0 Å². The molecule has 2 rings (SSSR count). The second-order valence-electron chi connectivity index (χ2n) is 5.07. The third-order valence-corrected chi connectivity index (χ3v) is 3.86. The maximum Gasteiger partial charge on any atom is 0.162 e. The smallest absolute Gasteiger partial charge is 0.162 e. The van der Waals surface area contributed by atoms with Crippen molar-refractivity contribution in [2.45, 2.75) is 25.4 Å². The number of piperidine rings is 1. The summed E-state index contributed by atoms with van der Waals surface area (Å²) in [5.74, 6) is 0.597. The fourth-order valence-corrected chi connectivity index (χ4v) is 2.62. The van der Waals surface area contributed by atoms with Crippen molar-refractivity contribution in [1.82, 2.24) is 10.2 Å². The van der Waals surface area contributed by atoms with Gasteiger partial charge in [-0.15, -0.1) is 0 Å². The van der Waals surface area contributed by atoms with Gasteiger partial charge < -0.3 is 20.1 Å². The monoisotopic (exact) mass is 284 g/mol. The molecule has 0 aliphatic carbocycles. The molecule has 1 aliphatic rings. The van der Waals surface area contributed by atoms with E-state index in [1.54, 1.807) is 12.1 Å². The molecule has 4 nitrogen and oxygen atoms in total. The number of benzene rings is 1. The number of hydrogen-bond donors (Lipinski definition) is 2. The Morgan fingerprint density at radius 2 is 2.11 bits per heavy atom. The SMILES string of the molecule is COc1cc(Cl)cc(CNC2CCN(C)CC2)c1O. The van der Waals surface area contributed by atoms with E-state index in [-0.39, 0.29) is 5.75 Å². The minimum atomic E-state index is 0.173. The fraction of sp³-hybridized carbons (Fsp3) is 0.571. The molecule has 0 bridgehead atoms. The molecular formula is C14H21ClN2O2. The minimum Gasteiger partial charge on any atom is -0.504 e. The Morgan fingerprint density at radius 1 is 1.42 bits per heavy atom. The molecule has 0 atom stereocenters. The predicted octanol–water partition coefficient (Wildman–Crippen LogP) is 2.24. The highest BCUT2D eigenvalue weighted by Crippen LogP contribution is 2.33. The first-order valence-electron chi connectivity index (χ1n) is 6.57. The summed E-state index contributed by atoms with van der Waals surface area (Å²) in [4.78, 5) is 2.33. The van der Waals surface area contributed by atoms with E-state index in [1.807, 2.05) is 0 Å². The highest BCUT2D eigenvalue weighted by molar-refractivity contribution is 6.30. The van der Waals surface area contributed by atoms with Crippen LogP contribution in [0.15, 0.2) is 12.1 Å². The third-order valence-electron chi connectivity index (χ3n) is 3.64. The van der Waals surface area contributed by atoms with Crippen molar-refractivity contribution >= 4 is 11.6 Å². The van der Waals surface area contributed by atoms with Gasteiger partial charge in [-0.25, -0.2) is 0 Å². The van der Waals surface area contributed by atoms with Crippen LogP contribution in [0.3, 0.4) is 0 Å². The second-order valence-corrected chi connectivity index (χ2v) is 5.51. The Morgan fingerprint density at radius 3 is 2.74 bits per heavy atom.